The Balaban J connectivity index is 3.04. The molecule has 0 rings (SSSR count). The van der Waals surface area contributed by atoms with Gasteiger partial charge in [-0.1, -0.05) is 6.92 Å². The predicted octanol–water partition coefficient (Wildman–Crippen LogP) is 1.01. The summed E-state index contributed by atoms with van der Waals surface area (Å²) in [5.74, 6) is -0.181. The van der Waals surface area contributed by atoms with Crippen LogP contribution in [0, 0.1) is 0 Å². The molecule has 0 aromatic carbocycles. The van der Waals surface area contributed by atoms with Gasteiger partial charge in [-0.05, 0) is 20.5 Å². The lowest BCUT2D eigenvalue weighted by molar-refractivity contribution is -0.145. The van der Waals surface area contributed by atoms with Crippen molar-refractivity contribution < 1.29 is 42.7 Å². The van der Waals surface area contributed by atoms with Crippen LogP contribution >= 0.6 is 0 Å². The number of hydrogen-bond donors (Lipinski definition) is 0. The van der Waals surface area contributed by atoms with Crippen molar-refractivity contribution in [3.05, 3.63) is 0 Å². The van der Waals surface area contributed by atoms with E-state index in [1.54, 1.807) is 0 Å². The molecule has 0 radical (unpaired) electrons. The zero-order chi connectivity index (χ0) is 23.5. The number of carbonyl (C=O) groups excluding carboxylic acids is 1. The topological polar surface area (TPSA) is 94.2 Å². The number of rotatable bonds is 26. The maximum absolute atomic E-state index is 11.1. The van der Waals surface area contributed by atoms with Gasteiger partial charge < -0.3 is 42.8 Å². The number of likely N-dealkylation sites (N-methyl/N-ethyl adjacent to an activating group) is 1. The Bertz CT molecular complexity index is 386. The third-order valence-corrected chi connectivity index (χ3v) is 3.86. The van der Waals surface area contributed by atoms with Crippen LogP contribution < -0.4 is 0 Å². The first-order chi connectivity index (χ1) is 15.7. The number of ether oxygens (including phenoxy) is 8. The standard InChI is InChI=1S/C22H45NO9/c1-4-5-22(24)32-21-20-31-19-18-30-17-16-29-15-14-28-13-12-27-11-10-26-9-8-25-7-6-23(2)3/h4-21H2,1-3H3. The summed E-state index contributed by atoms with van der Waals surface area (Å²) in [5, 5.41) is 0. The Morgan fingerprint density at radius 3 is 1.16 bits per heavy atom. The van der Waals surface area contributed by atoms with Gasteiger partial charge in [-0.15, -0.1) is 0 Å². The van der Waals surface area contributed by atoms with Crippen molar-refractivity contribution in [1.82, 2.24) is 4.90 Å². The molecule has 0 N–H and O–H groups in total. The van der Waals surface area contributed by atoms with Crippen molar-refractivity contribution in [2.24, 2.45) is 0 Å². The van der Waals surface area contributed by atoms with Gasteiger partial charge in [0.25, 0.3) is 0 Å². The Labute approximate surface area is 193 Å². The van der Waals surface area contributed by atoms with Crippen molar-refractivity contribution in [3.8, 4) is 0 Å². The maximum atomic E-state index is 11.1. The van der Waals surface area contributed by atoms with Crippen molar-refractivity contribution in [1.29, 1.82) is 0 Å². The molecule has 10 nitrogen and oxygen atoms in total. The number of esters is 1. The zero-order valence-corrected chi connectivity index (χ0v) is 20.3. The average Bonchev–Trinajstić information content (AvgIpc) is 2.76. The molecule has 0 heterocycles. The van der Waals surface area contributed by atoms with Crippen molar-refractivity contribution in [2.75, 3.05) is 120 Å². The number of carbonyl (C=O) groups is 1. The summed E-state index contributed by atoms with van der Waals surface area (Å²) >= 11 is 0. The first-order valence-electron chi connectivity index (χ1n) is 11.5. The van der Waals surface area contributed by atoms with E-state index in [4.69, 9.17) is 37.9 Å². The van der Waals surface area contributed by atoms with Crippen molar-refractivity contribution in [3.63, 3.8) is 0 Å². The fourth-order valence-electron chi connectivity index (χ4n) is 2.16. The van der Waals surface area contributed by atoms with E-state index in [1.165, 1.54) is 0 Å². The fourth-order valence-corrected chi connectivity index (χ4v) is 2.16. The molecular formula is C22H45NO9. The molecule has 0 bridgehead atoms. The molecule has 192 valence electrons. The van der Waals surface area contributed by atoms with Crippen LogP contribution in [0.25, 0.3) is 0 Å². The highest BCUT2D eigenvalue weighted by molar-refractivity contribution is 5.69. The highest BCUT2D eigenvalue weighted by Crippen LogP contribution is 1.91. The van der Waals surface area contributed by atoms with Gasteiger partial charge in [-0.2, -0.15) is 0 Å². The van der Waals surface area contributed by atoms with Crippen LogP contribution in [0.5, 0.6) is 0 Å². The summed E-state index contributed by atoms with van der Waals surface area (Å²) in [6.07, 6.45) is 1.24. The molecule has 0 aliphatic heterocycles. The SMILES string of the molecule is CCCC(=O)OCCOCCOCCOCCOCCOCCOCCOCCN(C)C. The van der Waals surface area contributed by atoms with Gasteiger partial charge >= 0.3 is 5.97 Å². The van der Waals surface area contributed by atoms with Crippen molar-refractivity contribution in [2.45, 2.75) is 19.8 Å². The smallest absolute Gasteiger partial charge is 0.305 e. The van der Waals surface area contributed by atoms with E-state index >= 15 is 0 Å². The molecule has 10 heteroatoms. The molecule has 0 unspecified atom stereocenters. The fraction of sp³-hybridized carbons (Fsp3) is 0.955. The number of nitrogens with zero attached hydrogens (tertiary/aromatic N) is 1. The first kappa shape index (κ1) is 31.1. The average molecular weight is 468 g/mol. The molecule has 32 heavy (non-hydrogen) atoms. The van der Waals surface area contributed by atoms with E-state index in [0.29, 0.717) is 92.3 Å². The monoisotopic (exact) mass is 467 g/mol. The van der Waals surface area contributed by atoms with Gasteiger partial charge in [0.15, 0.2) is 0 Å². The van der Waals surface area contributed by atoms with E-state index in [0.717, 1.165) is 19.6 Å². The molecule has 0 aromatic heterocycles. The molecule has 0 atom stereocenters. The third kappa shape index (κ3) is 27.2. The zero-order valence-electron chi connectivity index (χ0n) is 20.3. The Kier molecular flexibility index (Phi) is 25.7. The van der Waals surface area contributed by atoms with E-state index < -0.39 is 0 Å². The lowest BCUT2D eigenvalue weighted by Crippen LogP contribution is -2.19. The summed E-state index contributed by atoms with van der Waals surface area (Å²) in [4.78, 5) is 13.2. The Morgan fingerprint density at radius 1 is 0.531 bits per heavy atom. The predicted molar refractivity (Wildman–Crippen MR) is 120 cm³/mol. The van der Waals surface area contributed by atoms with E-state index in [2.05, 4.69) is 4.90 Å². The van der Waals surface area contributed by atoms with Crippen LogP contribution in [0.2, 0.25) is 0 Å². The second-order valence-corrected chi connectivity index (χ2v) is 7.06. The summed E-state index contributed by atoms with van der Waals surface area (Å²) < 4.78 is 42.8. The van der Waals surface area contributed by atoms with Gasteiger partial charge in [-0.3, -0.25) is 4.79 Å². The molecule has 0 aliphatic rings. The van der Waals surface area contributed by atoms with Crippen LogP contribution in [0.3, 0.4) is 0 Å². The minimum atomic E-state index is -0.181. The molecule has 0 aromatic rings. The lowest BCUT2D eigenvalue weighted by atomic mass is 10.3. The maximum Gasteiger partial charge on any atom is 0.305 e. The van der Waals surface area contributed by atoms with E-state index in [-0.39, 0.29) is 12.6 Å². The first-order valence-corrected chi connectivity index (χ1v) is 11.5. The summed E-state index contributed by atoms with van der Waals surface area (Å²) in [6, 6.07) is 0. The lowest BCUT2D eigenvalue weighted by Gasteiger charge is -2.10. The second kappa shape index (κ2) is 26.4. The van der Waals surface area contributed by atoms with Gasteiger partial charge in [0.05, 0.1) is 92.5 Å². The highest BCUT2D eigenvalue weighted by atomic mass is 16.6. The molecule has 0 amide bonds. The highest BCUT2D eigenvalue weighted by Gasteiger charge is 2.00. The molecule has 0 fully saturated rings. The Hall–Kier alpha value is -0.850. The minimum Gasteiger partial charge on any atom is -0.463 e. The second-order valence-electron chi connectivity index (χ2n) is 7.06. The summed E-state index contributed by atoms with van der Waals surface area (Å²) in [5.41, 5.74) is 0. The van der Waals surface area contributed by atoms with Crippen LogP contribution in [-0.4, -0.2) is 131 Å². The summed E-state index contributed by atoms with van der Waals surface area (Å²) in [6.45, 7) is 10.6. The molecule has 0 aliphatic carbocycles. The Morgan fingerprint density at radius 2 is 0.844 bits per heavy atom. The third-order valence-electron chi connectivity index (χ3n) is 3.86. The van der Waals surface area contributed by atoms with Gasteiger partial charge in [0.2, 0.25) is 0 Å². The van der Waals surface area contributed by atoms with Crippen LogP contribution in [0.15, 0.2) is 0 Å². The van der Waals surface area contributed by atoms with E-state index in [1.807, 2.05) is 21.0 Å². The van der Waals surface area contributed by atoms with Gasteiger partial charge in [0.1, 0.15) is 6.61 Å². The van der Waals surface area contributed by atoms with Gasteiger partial charge in [-0.25, -0.2) is 0 Å². The largest absolute Gasteiger partial charge is 0.463 e. The minimum absolute atomic E-state index is 0.181. The van der Waals surface area contributed by atoms with Crippen molar-refractivity contribution >= 4 is 5.97 Å². The van der Waals surface area contributed by atoms with Crippen LogP contribution in [0.4, 0.5) is 0 Å². The van der Waals surface area contributed by atoms with Gasteiger partial charge in [0, 0.05) is 13.0 Å². The van der Waals surface area contributed by atoms with Crippen LogP contribution in [-0.2, 0) is 42.7 Å². The molecular weight excluding hydrogens is 422 g/mol. The van der Waals surface area contributed by atoms with Crippen LogP contribution in [0.1, 0.15) is 19.8 Å². The molecule has 0 spiro atoms. The quantitative estimate of drug-likeness (QED) is 0.135. The number of hydrogen-bond acceptors (Lipinski definition) is 10. The molecule has 0 saturated carbocycles. The normalized spacial score (nSPS) is 11.4. The summed E-state index contributed by atoms with van der Waals surface area (Å²) in [7, 11) is 4.03. The van der Waals surface area contributed by atoms with E-state index in [9.17, 15) is 4.79 Å². The molecule has 0 saturated heterocycles.